The average Bonchev–Trinajstić information content (AvgIpc) is 2.93. The summed E-state index contributed by atoms with van der Waals surface area (Å²) in [5, 5.41) is 3.70. The standard InChI is InChI=1S/C16H12Cl2N2OS/c17-12-4-1-11(14(18)7-12)8-21-13-5-2-10(3-6-13)15-9-22-16(19)20-15/h1-7,9H,8H2,(H2,19,20). The van der Waals surface area contributed by atoms with Gasteiger partial charge in [-0.25, -0.2) is 4.98 Å². The highest BCUT2D eigenvalue weighted by Gasteiger charge is 2.05. The normalized spacial score (nSPS) is 10.6. The smallest absolute Gasteiger partial charge is 0.180 e. The van der Waals surface area contributed by atoms with Gasteiger partial charge in [0.15, 0.2) is 5.13 Å². The van der Waals surface area contributed by atoms with Crippen LogP contribution in [0.15, 0.2) is 47.8 Å². The van der Waals surface area contributed by atoms with Crippen LogP contribution in [0.2, 0.25) is 10.0 Å². The number of thiazole rings is 1. The monoisotopic (exact) mass is 350 g/mol. The molecule has 3 rings (SSSR count). The third kappa shape index (κ3) is 3.53. The first-order valence-electron chi connectivity index (χ1n) is 6.50. The molecule has 22 heavy (non-hydrogen) atoms. The summed E-state index contributed by atoms with van der Waals surface area (Å²) in [5.74, 6) is 0.762. The summed E-state index contributed by atoms with van der Waals surface area (Å²) in [6.45, 7) is 0.388. The molecule has 0 radical (unpaired) electrons. The van der Waals surface area contributed by atoms with Crippen LogP contribution in [-0.4, -0.2) is 4.98 Å². The molecule has 0 bridgehead atoms. The summed E-state index contributed by atoms with van der Waals surface area (Å²) < 4.78 is 5.74. The summed E-state index contributed by atoms with van der Waals surface area (Å²) >= 11 is 13.4. The van der Waals surface area contributed by atoms with Gasteiger partial charge >= 0.3 is 0 Å². The fourth-order valence-electron chi connectivity index (χ4n) is 1.94. The zero-order chi connectivity index (χ0) is 15.5. The molecule has 2 aromatic carbocycles. The van der Waals surface area contributed by atoms with E-state index in [2.05, 4.69) is 4.98 Å². The second kappa shape index (κ2) is 6.57. The second-order valence-corrected chi connectivity index (χ2v) is 6.35. The van der Waals surface area contributed by atoms with Crippen molar-refractivity contribution in [1.82, 2.24) is 4.98 Å². The van der Waals surface area contributed by atoms with E-state index in [0.717, 1.165) is 22.6 Å². The molecule has 112 valence electrons. The molecule has 6 heteroatoms. The highest BCUT2D eigenvalue weighted by molar-refractivity contribution is 7.13. The first-order valence-corrected chi connectivity index (χ1v) is 8.13. The molecule has 0 spiro atoms. The number of hydrogen-bond acceptors (Lipinski definition) is 4. The molecule has 3 nitrogen and oxygen atoms in total. The Kier molecular flexibility index (Phi) is 4.52. The molecular formula is C16H12Cl2N2OS. The fourth-order valence-corrected chi connectivity index (χ4v) is 2.98. The highest BCUT2D eigenvalue weighted by atomic mass is 35.5. The molecule has 1 aromatic heterocycles. The Bertz CT molecular complexity index is 787. The summed E-state index contributed by atoms with van der Waals surface area (Å²) in [5.41, 5.74) is 8.41. The van der Waals surface area contributed by atoms with Gasteiger partial charge in [-0.2, -0.15) is 0 Å². The van der Waals surface area contributed by atoms with E-state index in [0.29, 0.717) is 21.8 Å². The molecular weight excluding hydrogens is 339 g/mol. The van der Waals surface area contributed by atoms with Crippen molar-refractivity contribution in [1.29, 1.82) is 0 Å². The van der Waals surface area contributed by atoms with E-state index in [1.54, 1.807) is 12.1 Å². The maximum absolute atomic E-state index is 6.12. The van der Waals surface area contributed by atoms with Crippen molar-refractivity contribution < 1.29 is 4.74 Å². The summed E-state index contributed by atoms with van der Waals surface area (Å²) in [6, 6.07) is 13.1. The first-order chi connectivity index (χ1) is 10.6. The number of ether oxygens (including phenoxy) is 1. The summed E-state index contributed by atoms with van der Waals surface area (Å²) in [6.07, 6.45) is 0. The van der Waals surface area contributed by atoms with Gasteiger partial charge in [0.1, 0.15) is 12.4 Å². The number of nitrogens with two attached hydrogens (primary N) is 1. The number of nitrogen functional groups attached to an aromatic ring is 1. The van der Waals surface area contributed by atoms with Crippen molar-refractivity contribution in [3.63, 3.8) is 0 Å². The van der Waals surface area contributed by atoms with E-state index >= 15 is 0 Å². The molecule has 0 fully saturated rings. The Labute approximate surface area is 142 Å². The van der Waals surface area contributed by atoms with E-state index in [9.17, 15) is 0 Å². The lowest BCUT2D eigenvalue weighted by atomic mass is 10.2. The average molecular weight is 351 g/mol. The van der Waals surface area contributed by atoms with Gasteiger partial charge < -0.3 is 10.5 Å². The zero-order valence-electron chi connectivity index (χ0n) is 11.4. The van der Waals surface area contributed by atoms with E-state index in [1.165, 1.54) is 11.3 Å². The minimum atomic E-state index is 0.388. The van der Waals surface area contributed by atoms with Crippen LogP contribution in [0.4, 0.5) is 5.13 Å². The van der Waals surface area contributed by atoms with Crippen LogP contribution in [0.25, 0.3) is 11.3 Å². The largest absolute Gasteiger partial charge is 0.489 e. The maximum Gasteiger partial charge on any atom is 0.180 e. The van der Waals surface area contributed by atoms with Crippen molar-refractivity contribution in [2.24, 2.45) is 0 Å². The number of hydrogen-bond donors (Lipinski definition) is 1. The molecule has 0 unspecified atom stereocenters. The third-order valence-corrected chi connectivity index (χ3v) is 4.34. The quantitative estimate of drug-likeness (QED) is 0.696. The van der Waals surface area contributed by atoms with Crippen LogP contribution in [0.3, 0.4) is 0 Å². The molecule has 0 aliphatic heterocycles. The Morgan fingerprint density at radius 1 is 1.09 bits per heavy atom. The molecule has 0 saturated carbocycles. The molecule has 0 aliphatic carbocycles. The van der Waals surface area contributed by atoms with Crippen molar-refractivity contribution in [2.45, 2.75) is 6.61 Å². The molecule has 2 N–H and O–H groups in total. The third-order valence-electron chi connectivity index (χ3n) is 3.08. The lowest BCUT2D eigenvalue weighted by molar-refractivity contribution is 0.306. The molecule has 0 atom stereocenters. The Balaban J connectivity index is 1.68. The Morgan fingerprint density at radius 2 is 1.86 bits per heavy atom. The minimum Gasteiger partial charge on any atom is -0.489 e. The summed E-state index contributed by atoms with van der Waals surface area (Å²) in [4.78, 5) is 4.25. The van der Waals surface area contributed by atoms with Gasteiger partial charge in [-0.3, -0.25) is 0 Å². The zero-order valence-corrected chi connectivity index (χ0v) is 13.8. The number of halogens is 2. The lowest BCUT2D eigenvalue weighted by Gasteiger charge is -2.08. The summed E-state index contributed by atoms with van der Waals surface area (Å²) in [7, 11) is 0. The SMILES string of the molecule is Nc1nc(-c2ccc(OCc3ccc(Cl)cc3Cl)cc2)cs1. The minimum absolute atomic E-state index is 0.388. The Hall–Kier alpha value is -1.75. The van der Waals surface area contributed by atoms with Gasteiger partial charge in [-0.05, 0) is 36.4 Å². The van der Waals surface area contributed by atoms with E-state index in [1.807, 2.05) is 35.7 Å². The van der Waals surface area contributed by atoms with Crippen LogP contribution >= 0.6 is 34.5 Å². The van der Waals surface area contributed by atoms with E-state index in [-0.39, 0.29) is 0 Å². The number of benzene rings is 2. The van der Waals surface area contributed by atoms with Gasteiger partial charge in [0, 0.05) is 26.6 Å². The first kappa shape index (κ1) is 15.2. The van der Waals surface area contributed by atoms with Crippen LogP contribution in [0.5, 0.6) is 5.75 Å². The van der Waals surface area contributed by atoms with Crippen LogP contribution in [0, 0.1) is 0 Å². The van der Waals surface area contributed by atoms with Gasteiger partial charge in [-0.1, -0.05) is 29.3 Å². The Morgan fingerprint density at radius 3 is 2.50 bits per heavy atom. The van der Waals surface area contributed by atoms with E-state index < -0.39 is 0 Å². The number of nitrogens with zero attached hydrogens (tertiary/aromatic N) is 1. The predicted octanol–water partition coefficient (Wildman–Crippen LogP) is 5.28. The second-order valence-electron chi connectivity index (χ2n) is 4.62. The van der Waals surface area contributed by atoms with Crippen LogP contribution in [0.1, 0.15) is 5.56 Å². The van der Waals surface area contributed by atoms with Gasteiger partial charge in [0.2, 0.25) is 0 Å². The molecule has 0 aliphatic rings. The van der Waals surface area contributed by atoms with Crippen molar-refractivity contribution in [3.8, 4) is 17.0 Å². The number of anilines is 1. The van der Waals surface area contributed by atoms with Crippen molar-refractivity contribution >= 4 is 39.7 Å². The van der Waals surface area contributed by atoms with Gasteiger partial charge in [-0.15, -0.1) is 11.3 Å². The molecule has 1 heterocycles. The molecule has 3 aromatic rings. The van der Waals surface area contributed by atoms with Crippen molar-refractivity contribution in [3.05, 3.63) is 63.5 Å². The lowest BCUT2D eigenvalue weighted by Crippen LogP contribution is -1.96. The molecule has 0 amide bonds. The van der Waals surface area contributed by atoms with E-state index in [4.69, 9.17) is 33.7 Å². The highest BCUT2D eigenvalue weighted by Crippen LogP contribution is 2.26. The number of aromatic nitrogens is 1. The van der Waals surface area contributed by atoms with Crippen LogP contribution < -0.4 is 10.5 Å². The van der Waals surface area contributed by atoms with Gasteiger partial charge in [0.25, 0.3) is 0 Å². The predicted molar refractivity (Wildman–Crippen MR) is 92.8 cm³/mol. The topological polar surface area (TPSA) is 48.1 Å². The van der Waals surface area contributed by atoms with Gasteiger partial charge in [0.05, 0.1) is 5.69 Å². The maximum atomic E-state index is 6.12. The van der Waals surface area contributed by atoms with Crippen LogP contribution in [-0.2, 0) is 6.61 Å². The van der Waals surface area contributed by atoms with Crippen molar-refractivity contribution in [2.75, 3.05) is 5.73 Å². The molecule has 0 saturated heterocycles. The number of rotatable bonds is 4. The fraction of sp³-hybridized carbons (Fsp3) is 0.0625.